The molecule has 146 valence electrons. The second kappa shape index (κ2) is 8.47. The van der Waals surface area contributed by atoms with Crippen LogP contribution in [0.3, 0.4) is 0 Å². The van der Waals surface area contributed by atoms with Gasteiger partial charge < -0.3 is 19.7 Å². The molecule has 0 radical (unpaired) electrons. The van der Waals surface area contributed by atoms with E-state index >= 15 is 0 Å². The summed E-state index contributed by atoms with van der Waals surface area (Å²) in [5.74, 6) is -3.28. The molecule has 2 aromatic rings. The van der Waals surface area contributed by atoms with Crippen molar-refractivity contribution in [2.24, 2.45) is 0 Å². The smallest absolute Gasteiger partial charge is 0.308 e. The summed E-state index contributed by atoms with van der Waals surface area (Å²) in [7, 11) is 0. The Morgan fingerprint density at radius 1 is 1.11 bits per heavy atom. The second-order valence-electron chi connectivity index (χ2n) is 5.86. The number of rotatable bonds is 6. The van der Waals surface area contributed by atoms with E-state index in [4.69, 9.17) is 9.47 Å². The summed E-state index contributed by atoms with van der Waals surface area (Å²) < 4.78 is 37.1. The SMILES string of the molecule is O=C(COC(=O)CCN1C(=O)COc2ccccc21)Nc1c(F)cccc1F. The highest BCUT2D eigenvalue weighted by Crippen LogP contribution is 2.31. The third-order valence-corrected chi connectivity index (χ3v) is 3.94. The fourth-order valence-corrected chi connectivity index (χ4v) is 2.61. The third-order valence-electron chi connectivity index (χ3n) is 3.94. The average molecular weight is 390 g/mol. The van der Waals surface area contributed by atoms with Crippen LogP contribution in [-0.4, -0.2) is 37.5 Å². The maximum Gasteiger partial charge on any atom is 0.308 e. The minimum absolute atomic E-state index is 0.0433. The number of benzene rings is 2. The van der Waals surface area contributed by atoms with Crippen LogP contribution >= 0.6 is 0 Å². The van der Waals surface area contributed by atoms with Gasteiger partial charge in [-0.15, -0.1) is 0 Å². The maximum atomic E-state index is 13.5. The van der Waals surface area contributed by atoms with Gasteiger partial charge in [0, 0.05) is 6.54 Å². The third kappa shape index (κ3) is 4.43. The van der Waals surface area contributed by atoms with Crippen molar-refractivity contribution in [1.82, 2.24) is 0 Å². The Labute approximate surface area is 158 Å². The van der Waals surface area contributed by atoms with Gasteiger partial charge in [0.2, 0.25) is 0 Å². The lowest BCUT2D eigenvalue weighted by Crippen LogP contribution is -2.40. The Balaban J connectivity index is 1.50. The molecule has 2 aromatic carbocycles. The number of para-hydroxylation sites is 3. The number of carbonyl (C=O) groups excluding carboxylic acids is 3. The summed E-state index contributed by atoms with van der Waals surface area (Å²) in [6.45, 7) is -0.801. The van der Waals surface area contributed by atoms with Gasteiger partial charge in [-0.1, -0.05) is 18.2 Å². The summed E-state index contributed by atoms with van der Waals surface area (Å²) in [6.07, 6.45) is -0.165. The van der Waals surface area contributed by atoms with Crippen LogP contribution in [0.15, 0.2) is 42.5 Å². The number of nitrogens with zero attached hydrogens (tertiary/aromatic N) is 1. The van der Waals surface area contributed by atoms with Crippen LogP contribution in [0.1, 0.15) is 6.42 Å². The van der Waals surface area contributed by atoms with Gasteiger partial charge in [0.1, 0.15) is 23.1 Å². The Bertz CT molecular complexity index is 899. The zero-order valence-corrected chi connectivity index (χ0v) is 14.6. The first-order chi connectivity index (χ1) is 13.5. The molecular formula is C19H16F2N2O5. The van der Waals surface area contributed by atoms with Gasteiger partial charge in [0.25, 0.3) is 11.8 Å². The summed E-state index contributed by atoms with van der Waals surface area (Å²) >= 11 is 0. The van der Waals surface area contributed by atoms with Crippen molar-refractivity contribution in [1.29, 1.82) is 0 Å². The fourth-order valence-electron chi connectivity index (χ4n) is 2.61. The number of nitrogens with one attached hydrogen (secondary N) is 1. The predicted octanol–water partition coefficient (Wildman–Crippen LogP) is 2.26. The van der Waals surface area contributed by atoms with Gasteiger partial charge in [0.15, 0.2) is 13.2 Å². The minimum Gasteiger partial charge on any atom is -0.482 e. The number of anilines is 2. The van der Waals surface area contributed by atoms with Gasteiger partial charge in [-0.25, -0.2) is 8.78 Å². The molecule has 0 aromatic heterocycles. The normalized spacial score (nSPS) is 12.8. The van der Waals surface area contributed by atoms with E-state index in [2.05, 4.69) is 0 Å². The average Bonchev–Trinajstić information content (AvgIpc) is 2.68. The lowest BCUT2D eigenvalue weighted by atomic mass is 10.2. The van der Waals surface area contributed by atoms with Crippen molar-refractivity contribution >= 4 is 29.2 Å². The number of hydrogen-bond donors (Lipinski definition) is 1. The standard InChI is InChI=1S/C19H16F2N2O5/c20-12-4-3-5-13(21)19(12)22-16(24)10-28-18(26)8-9-23-14-6-1-2-7-15(14)27-11-17(23)25/h1-7H,8-11H2,(H,22,24). The topological polar surface area (TPSA) is 84.9 Å². The molecule has 0 bridgehead atoms. The van der Waals surface area contributed by atoms with Crippen molar-refractivity contribution in [2.45, 2.75) is 6.42 Å². The van der Waals surface area contributed by atoms with Crippen LogP contribution in [0.4, 0.5) is 20.2 Å². The Morgan fingerprint density at radius 3 is 2.57 bits per heavy atom. The first kappa shape index (κ1) is 19.3. The highest BCUT2D eigenvalue weighted by atomic mass is 19.1. The summed E-state index contributed by atoms with van der Waals surface area (Å²) in [6, 6.07) is 10.0. The van der Waals surface area contributed by atoms with Crippen molar-refractivity contribution in [2.75, 3.05) is 30.0 Å². The quantitative estimate of drug-likeness (QED) is 0.765. The van der Waals surface area contributed by atoms with E-state index in [1.165, 1.54) is 4.90 Å². The molecule has 0 saturated carbocycles. The van der Waals surface area contributed by atoms with E-state index < -0.39 is 35.8 Å². The van der Waals surface area contributed by atoms with Crippen LogP contribution in [0.25, 0.3) is 0 Å². The van der Waals surface area contributed by atoms with E-state index in [1.54, 1.807) is 24.3 Å². The van der Waals surface area contributed by atoms with E-state index in [-0.39, 0.29) is 25.5 Å². The van der Waals surface area contributed by atoms with Crippen molar-refractivity contribution in [3.8, 4) is 5.75 Å². The summed E-state index contributed by atoms with van der Waals surface area (Å²) in [5, 5.41) is 2.01. The molecule has 0 atom stereocenters. The first-order valence-corrected chi connectivity index (χ1v) is 8.37. The zero-order valence-electron chi connectivity index (χ0n) is 14.6. The molecule has 28 heavy (non-hydrogen) atoms. The van der Waals surface area contributed by atoms with Crippen LogP contribution in [0.5, 0.6) is 5.75 Å². The molecule has 3 rings (SSSR count). The molecular weight excluding hydrogens is 374 g/mol. The van der Waals surface area contributed by atoms with Gasteiger partial charge in [-0.3, -0.25) is 14.4 Å². The van der Waals surface area contributed by atoms with Gasteiger partial charge in [-0.2, -0.15) is 0 Å². The highest BCUT2D eigenvalue weighted by molar-refractivity contribution is 5.98. The minimum atomic E-state index is -0.941. The molecule has 0 unspecified atom stereocenters. The molecule has 0 saturated heterocycles. The van der Waals surface area contributed by atoms with Crippen molar-refractivity contribution in [3.05, 3.63) is 54.1 Å². The Hall–Kier alpha value is -3.49. The van der Waals surface area contributed by atoms with E-state index in [0.717, 1.165) is 18.2 Å². The molecule has 0 spiro atoms. The van der Waals surface area contributed by atoms with Crippen molar-refractivity contribution in [3.63, 3.8) is 0 Å². The highest BCUT2D eigenvalue weighted by Gasteiger charge is 2.25. The summed E-state index contributed by atoms with van der Waals surface area (Å²) in [5.41, 5.74) is -0.0709. The second-order valence-corrected chi connectivity index (χ2v) is 5.86. The number of esters is 1. The molecule has 0 fully saturated rings. The number of ether oxygens (including phenoxy) is 2. The van der Waals surface area contributed by atoms with Gasteiger partial charge in [-0.05, 0) is 24.3 Å². The lowest BCUT2D eigenvalue weighted by Gasteiger charge is -2.28. The number of hydrogen-bond acceptors (Lipinski definition) is 5. The van der Waals surface area contributed by atoms with Gasteiger partial charge >= 0.3 is 5.97 Å². The van der Waals surface area contributed by atoms with Crippen LogP contribution in [-0.2, 0) is 19.1 Å². The number of halogens is 2. The monoisotopic (exact) mass is 390 g/mol. The molecule has 1 aliphatic rings. The Morgan fingerprint density at radius 2 is 1.82 bits per heavy atom. The first-order valence-electron chi connectivity index (χ1n) is 8.37. The van der Waals surface area contributed by atoms with E-state index in [9.17, 15) is 23.2 Å². The molecule has 1 heterocycles. The molecule has 2 amide bonds. The zero-order chi connectivity index (χ0) is 20.1. The fraction of sp³-hybridized carbons (Fsp3) is 0.211. The molecule has 9 heteroatoms. The molecule has 0 aliphatic carbocycles. The Kier molecular flexibility index (Phi) is 5.83. The van der Waals surface area contributed by atoms with Crippen LogP contribution < -0.4 is 15.0 Å². The van der Waals surface area contributed by atoms with Crippen molar-refractivity contribution < 1.29 is 32.6 Å². The molecule has 7 nitrogen and oxygen atoms in total. The van der Waals surface area contributed by atoms with E-state index in [0.29, 0.717) is 11.4 Å². The predicted molar refractivity (Wildman–Crippen MR) is 94.9 cm³/mol. The number of amides is 2. The van der Waals surface area contributed by atoms with E-state index in [1.807, 2.05) is 5.32 Å². The van der Waals surface area contributed by atoms with Crippen LogP contribution in [0, 0.1) is 11.6 Å². The number of carbonyl (C=O) groups is 3. The largest absolute Gasteiger partial charge is 0.482 e. The number of fused-ring (bicyclic) bond motifs is 1. The molecule has 1 aliphatic heterocycles. The summed E-state index contributed by atoms with van der Waals surface area (Å²) in [4.78, 5) is 37.0. The maximum absolute atomic E-state index is 13.5. The molecule has 1 N–H and O–H groups in total. The lowest BCUT2D eigenvalue weighted by molar-refractivity contribution is -0.147. The van der Waals surface area contributed by atoms with Gasteiger partial charge in [0.05, 0.1) is 12.1 Å². The van der Waals surface area contributed by atoms with Crippen LogP contribution in [0.2, 0.25) is 0 Å².